The van der Waals surface area contributed by atoms with Crippen LogP contribution in [0.2, 0.25) is 0 Å². The number of carbonyl (C=O) groups excluding carboxylic acids is 1. The van der Waals surface area contributed by atoms with Crippen LogP contribution in [0.1, 0.15) is 5.56 Å². The summed E-state index contributed by atoms with van der Waals surface area (Å²) in [6.45, 7) is 0.678. The van der Waals surface area contributed by atoms with Crippen molar-refractivity contribution in [3.05, 3.63) is 29.8 Å². The lowest BCUT2D eigenvalue weighted by atomic mass is 10.2. The van der Waals surface area contributed by atoms with Crippen molar-refractivity contribution < 1.29 is 22.7 Å². The van der Waals surface area contributed by atoms with Gasteiger partial charge in [0.1, 0.15) is 5.75 Å². The summed E-state index contributed by atoms with van der Waals surface area (Å²) in [5, 5.41) is 2.49. The Balaban J connectivity index is 2.54. The lowest BCUT2D eigenvalue weighted by molar-refractivity contribution is -0.274. The summed E-state index contributed by atoms with van der Waals surface area (Å²) in [5.41, 5.74) is 0.793. The van der Waals surface area contributed by atoms with Gasteiger partial charge in [0.2, 0.25) is 5.91 Å². The van der Waals surface area contributed by atoms with E-state index in [-0.39, 0.29) is 18.2 Å². The number of hydrogen-bond donors (Lipinski definition) is 1. The molecule has 0 heterocycles. The first-order chi connectivity index (χ1) is 8.80. The molecule has 0 radical (unpaired) electrons. The summed E-state index contributed by atoms with van der Waals surface area (Å²) >= 11 is 0. The van der Waals surface area contributed by atoms with Crippen LogP contribution in [0.5, 0.6) is 5.75 Å². The maximum Gasteiger partial charge on any atom is 0.573 e. The van der Waals surface area contributed by atoms with Crippen LogP contribution in [0.15, 0.2) is 24.3 Å². The fraction of sp³-hybridized carbons (Fsp3) is 0.417. The molecule has 1 aromatic rings. The Hall–Kier alpha value is -1.76. The standard InChI is InChI=1S/C12H15F3N2O2/c1-16-11(18)8-17(2)7-9-3-5-10(6-4-9)19-12(13,14)15/h3-6H,7-8H2,1-2H3,(H,16,18). The molecule has 19 heavy (non-hydrogen) atoms. The Morgan fingerprint density at radius 1 is 1.32 bits per heavy atom. The number of carbonyl (C=O) groups is 1. The molecule has 7 heteroatoms. The highest BCUT2D eigenvalue weighted by Crippen LogP contribution is 2.22. The molecule has 4 nitrogen and oxygen atoms in total. The van der Waals surface area contributed by atoms with Gasteiger partial charge in [-0.15, -0.1) is 13.2 Å². The van der Waals surface area contributed by atoms with E-state index in [0.29, 0.717) is 6.54 Å². The third-order valence-electron chi connectivity index (χ3n) is 2.30. The quantitative estimate of drug-likeness (QED) is 0.891. The second-order valence-electron chi connectivity index (χ2n) is 4.04. The summed E-state index contributed by atoms with van der Waals surface area (Å²) in [4.78, 5) is 12.9. The van der Waals surface area contributed by atoms with Crippen molar-refractivity contribution in [2.45, 2.75) is 12.9 Å². The lowest BCUT2D eigenvalue weighted by Gasteiger charge is -2.16. The molecule has 106 valence electrons. The zero-order valence-corrected chi connectivity index (χ0v) is 10.6. The van der Waals surface area contributed by atoms with E-state index in [1.54, 1.807) is 19.0 Å². The number of benzene rings is 1. The van der Waals surface area contributed by atoms with Crippen LogP contribution < -0.4 is 10.1 Å². The zero-order chi connectivity index (χ0) is 14.5. The van der Waals surface area contributed by atoms with E-state index >= 15 is 0 Å². The second-order valence-corrected chi connectivity index (χ2v) is 4.04. The first-order valence-corrected chi connectivity index (χ1v) is 5.54. The number of alkyl halides is 3. The lowest BCUT2D eigenvalue weighted by Crippen LogP contribution is -2.32. The fourth-order valence-electron chi connectivity index (χ4n) is 1.49. The molecule has 1 aromatic carbocycles. The number of rotatable bonds is 5. The minimum absolute atomic E-state index is 0.125. The van der Waals surface area contributed by atoms with Gasteiger partial charge in [-0.1, -0.05) is 12.1 Å². The van der Waals surface area contributed by atoms with Crippen molar-refractivity contribution in [2.75, 3.05) is 20.6 Å². The number of likely N-dealkylation sites (N-methyl/N-ethyl adjacent to an activating group) is 2. The molecule has 0 aliphatic rings. The molecule has 0 aromatic heterocycles. The van der Waals surface area contributed by atoms with E-state index < -0.39 is 6.36 Å². The van der Waals surface area contributed by atoms with Gasteiger partial charge in [-0.3, -0.25) is 9.69 Å². The van der Waals surface area contributed by atoms with Crippen LogP contribution in [0.25, 0.3) is 0 Å². The predicted molar refractivity (Wildman–Crippen MR) is 63.5 cm³/mol. The highest BCUT2D eigenvalue weighted by molar-refractivity contribution is 5.77. The minimum atomic E-state index is -4.68. The predicted octanol–water partition coefficient (Wildman–Crippen LogP) is 1.76. The van der Waals surface area contributed by atoms with Gasteiger partial charge in [0.05, 0.1) is 6.54 Å². The molecule has 1 amide bonds. The minimum Gasteiger partial charge on any atom is -0.406 e. The number of nitrogens with one attached hydrogen (secondary N) is 1. The normalized spacial score (nSPS) is 11.5. The molecule has 0 spiro atoms. The Labute approximate surface area is 109 Å². The topological polar surface area (TPSA) is 41.6 Å². The van der Waals surface area contributed by atoms with Gasteiger partial charge in [0, 0.05) is 13.6 Å². The van der Waals surface area contributed by atoms with Gasteiger partial charge >= 0.3 is 6.36 Å². The van der Waals surface area contributed by atoms with Gasteiger partial charge in [0.15, 0.2) is 0 Å². The average Bonchev–Trinajstić information content (AvgIpc) is 2.29. The Kier molecular flexibility index (Phi) is 5.17. The molecule has 0 aliphatic heterocycles. The van der Waals surface area contributed by atoms with Gasteiger partial charge in [-0.25, -0.2) is 0 Å². The molecule has 0 fully saturated rings. The van der Waals surface area contributed by atoms with Crippen molar-refractivity contribution in [1.29, 1.82) is 0 Å². The van der Waals surface area contributed by atoms with E-state index in [1.807, 2.05) is 0 Å². The molecular formula is C12H15F3N2O2. The third kappa shape index (κ3) is 6.10. The second kappa shape index (κ2) is 6.42. The van der Waals surface area contributed by atoms with Crippen molar-refractivity contribution in [3.63, 3.8) is 0 Å². The summed E-state index contributed by atoms with van der Waals surface area (Å²) < 4.78 is 39.6. The SMILES string of the molecule is CNC(=O)CN(C)Cc1ccc(OC(F)(F)F)cc1. The molecule has 0 unspecified atom stereocenters. The smallest absolute Gasteiger partial charge is 0.406 e. The van der Waals surface area contributed by atoms with E-state index in [4.69, 9.17) is 0 Å². The number of ether oxygens (including phenoxy) is 1. The maximum atomic E-state index is 12.0. The third-order valence-corrected chi connectivity index (χ3v) is 2.30. The van der Waals surface area contributed by atoms with E-state index in [1.165, 1.54) is 24.3 Å². The first kappa shape index (κ1) is 15.3. The highest BCUT2D eigenvalue weighted by Gasteiger charge is 2.30. The van der Waals surface area contributed by atoms with E-state index in [2.05, 4.69) is 10.1 Å². The van der Waals surface area contributed by atoms with Gasteiger partial charge in [-0.05, 0) is 24.7 Å². The molecule has 1 rings (SSSR count). The van der Waals surface area contributed by atoms with Crippen LogP contribution in [-0.2, 0) is 11.3 Å². The summed E-state index contributed by atoms with van der Waals surface area (Å²) in [7, 11) is 3.29. The molecule has 0 saturated carbocycles. The van der Waals surface area contributed by atoms with Crippen molar-refractivity contribution in [3.8, 4) is 5.75 Å². The van der Waals surface area contributed by atoms with E-state index in [9.17, 15) is 18.0 Å². The Morgan fingerprint density at radius 2 is 1.89 bits per heavy atom. The van der Waals surface area contributed by atoms with Crippen molar-refractivity contribution in [2.24, 2.45) is 0 Å². The molecule has 0 saturated heterocycles. The van der Waals surface area contributed by atoms with Crippen molar-refractivity contribution >= 4 is 5.91 Å². The number of nitrogens with zero attached hydrogens (tertiary/aromatic N) is 1. The molecular weight excluding hydrogens is 261 g/mol. The molecule has 0 atom stereocenters. The molecule has 0 bridgehead atoms. The Morgan fingerprint density at radius 3 is 2.37 bits per heavy atom. The van der Waals surface area contributed by atoms with Gasteiger partial charge < -0.3 is 10.1 Å². The Bertz CT molecular complexity index is 418. The number of halogens is 3. The van der Waals surface area contributed by atoms with Crippen LogP contribution in [-0.4, -0.2) is 37.8 Å². The average molecular weight is 276 g/mol. The highest BCUT2D eigenvalue weighted by atomic mass is 19.4. The van der Waals surface area contributed by atoms with Gasteiger partial charge in [0.25, 0.3) is 0 Å². The monoisotopic (exact) mass is 276 g/mol. The summed E-state index contributed by atoms with van der Waals surface area (Å²) in [6, 6.07) is 5.55. The maximum absolute atomic E-state index is 12.0. The van der Waals surface area contributed by atoms with Gasteiger partial charge in [-0.2, -0.15) is 0 Å². The van der Waals surface area contributed by atoms with Crippen LogP contribution in [0, 0.1) is 0 Å². The van der Waals surface area contributed by atoms with Crippen molar-refractivity contribution in [1.82, 2.24) is 10.2 Å². The largest absolute Gasteiger partial charge is 0.573 e. The fourth-order valence-corrected chi connectivity index (χ4v) is 1.49. The zero-order valence-electron chi connectivity index (χ0n) is 10.6. The van der Waals surface area contributed by atoms with Crippen LogP contribution in [0.3, 0.4) is 0 Å². The molecule has 1 N–H and O–H groups in total. The number of hydrogen-bond acceptors (Lipinski definition) is 3. The first-order valence-electron chi connectivity index (χ1n) is 5.54. The van der Waals surface area contributed by atoms with Crippen LogP contribution in [0.4, 0.5) is 13.2 Å². The summed E-state index contributed by atoms with van der Waals surface area (Å²) in [5.74, 6) is -0.385. The molecule has 0 aliphatic carbocycles. The van der Waals surface area contributed by atoms with Crippen LogP contribution >= 0.6 is 0 Å². The summed E-state index contributed by atoms with van der Waals surface area (Å²) in [6.07, 6.45) is -4.68. The number of amides is 1. The van der Waals surface area contributed by atoms with E-state index in [0.717, 1.165) is 5.56 Å².